The Kier molecular flexibility index (Phi) is 21.9. The summed E-state index contributed by atoms with van der Waals surface area (Å²) in [7, 11) is 0. The molecule has 0 aliphatic heterocycles. The Morgan fingerprint density at radius 2 is 0.645 bits per heavy atom. The minimum Gasteiger partial charge on any atom is -0.871 e. The number of hydrogen-bond acceptors (Lipinski definition) is 6. The topological polar surface area (TPSA) is 113 Å². The van der Waals surface area contributed by atoms with Crippen molar-refractivity contribution in [1.82, 2.24) is 29.1 Å². The Morgan fingerprint density at radius 1 is 0.300 bits per heavy atom. The number of rotatable bonds is 11. The number of aromatic nitrogens is 6. The molecule has 11 heteroatoms. The van der Waals surface area contributed by atoms with Crippen molar-refractivity contribution in [2.75, 3.05) is 0 Å². The molecule has 0 fully saturated rings. The van der Waals surface area contributed by atoms with Gasteiger partial charge < -0.3 is 21.7 Å². The first-order valence-electron chi connectivity index (χ1n) is 35.4. The third kappa shape index (κ3) is 15.1. The van der Waals surface area contributed by atoms with Crippen LogP contribution in [0.5, 0.6) is 5.75 Å². The van der Waals surface area contributed by atoms with E-state index in [-0.39, 0.29) is 50.9 Å². The van der Waals surface area contributed by atoms with E-state index >= 15 is 0 Å². The van der Waals surface area contributed by atoms with Crippen LogP contribution in [0.1, 0.15) is 5.56 Å². The summed E-state index contributed by atoms with van der Waals surface area (Å²) in [6.07, 6.45) is 1.63. The van der Waals surface area contributed by atoms with Crippen molar-refractivity contribution in [2.24, 2.45) is 0 Å². The van der Waals surface area contributed by atoms with Gasteiger partial charge in [-0.25, -0.2) is 19.8 Å². The summed E-state index contributed by atoms with van der Waals surface area (Å²) < 4.78 is 4.81. The van der Waals surface area contributed by atoms with Crippen LogP contribution in [0.3, 0.4) is 0 Å². The van der Waals surface area contributed by atoms with Crippen LogP contribution in [0.25, 0.3) is 172 Å². The molecule has 0 aliphatic rings. The zero-order chi connectivity index (χ0) is 72.0. The third-order valence-corrected chi connectivity index (χ3v) is 19.5. The summed E-state index contributed by atoms with van der Waals surface area (Å²) in [6.45, 7) is 7.38. The van der Waals surface area contributed by atoms with Gasteiger partial charge in [0.05, 0.1) is 45.8 Å². The molecule has 0 saturated heterocycles. The van der Waals surface area contributed by atoms with Crippen LogP contribution in [-0.2, 0) is 0 Å². The molecule has 0 radical (unpaired) electrons. The van der Waals surface area contributed by atoms with Gasteiger partial charge in [-0.2, -0.15) is 5.26 Å². The van der Waals surface area contributed by atoms with E-state index in [9.17, 15) is 5.11 Å². The van der Waals surface area contributed by atoms with Gasteiger partial charge in [0.2, 0.25) is 0 Å². The van der Waals surface area contributed by atoms with Gasteiger partial charge in [0.1, 0.15) is 0 Å². The molecule has 0 aliphatic carbocycles. The van der Waals surface area contributed by atoms with Gasteiger partial charge in [0.25, 0.3) is 0 Å². The predicted molar refractivity (Wildman–Crippen MR) is 442 cm³/mol. The number of pyridine rings is 1. The van der Waals surface area contributed by atoms with Crippen molar-refractivity contribution >= 4 is 60.2 Å². The van der Waals surface area contributed by atoms with Gasteiger partial charge in [-0.15, -0.1) is 0 Å². The maximum Gasteiger partial charge on any atom is 1.00 e. The molecule has 0 unspecified atom stereocenters. The monoisotopic (exact) mass is 1400 g/mol. The van der Waals surface area contributed by atoms with E-state index in [1.54, 1.807) is 12.3 Å². The standard InChI is InChI=1S/C48H32N2.C41H25N5.C9H7NO.CH3.2Li/c1-3-13-33(14-4-1)35-17-11-19-39(29-35)49-45-23-9-7-21-41(45)43-31-37(25-27-47(43)49)38-26-28-48-44(32-38)42-22-8-10-24-46(42)50(48)40-20-12-18-36(30-40)34-15-5-2-6-16-34;1-43-38-22-20-32(21-23-38)36-24-35(31-18-16-30(17-19-31)29-14-12-28(27-42)13-15-29)25-37(26-36)41-45-39(33-8-4-2-5-9-33)44-40(46-41)34-10-6-3-7-11-34;11-8-5-1-3-7-4-2-6-10-9(7)8;;;/h1-32H;2-26H;1-6,11H;1H3;;/q;;;-1;2*+1/p-1. The second-order valence-corrected chi connectivity index (χ2v) is 26.1. The number of para-hydroxylation sites is 3. The second kappa shape index (κ2) is 33.0. The molecule has 4 heterocycles. The molecule has 110 heavy (non-hydrogen) atoms. The number of nitrogens with zero attached hydrogens (tertiary/aromatic N) is 8. The fraction of sp³-hybridized carbons (Fsp3) is 0. The van der Waals surface area contributed by atoms with E-state index in [2.05, 4.69) is 262 Å². The van der Waals surface area contributed by atoms with Crippen LogP contribution < -0.4 is 42.8 Å². The normalized spacial score (nSPS) is 10.7. The molecule has 0 saturated carbocycles. The molecule has 4 aromatic heterocycles. The molecule has 0 amide bonds. The molecule has 510 valence electrons. The SMILES string of the molecule is [C-]#[N+]c1ccc(-c2cc(-c3ccc(-c4ccc(C#N)cc4)cc3)cc(-c3nc(-c4ccccc4)nc(-c4ccccc4)n3)c2)cc1.[CH3-].[Li+].[Li+].[O-]c1cccc2cccnc12.c1ccc(-c2cccc(-n3c4ccccc4c4cc(-c5ccc6c(c5)c5ccccc5n6-c5cccc(-c6ccccc6)c5)ccc43)c2)cc1. The Hall–Kier alpha value is -13.7. The number of benzene rings is 15. The summed E-state index contributed by atoms with van der Waals surface area (Å²) in [4.78, 5) is 22.4. The Morgan fingerprint density at radius 3 is 1.10 bits per heavy atom. The average molecular weight is 1400 g/mol. The van der Waals surface area contributed by atoms with Crippen LogP contribution in [0.4, 0.5) is 5.69 Å². The van der Waals surface area contributed by atoms with Crippen molar-refractivity contribution in [2.45, 2.75) is 0 Å². The van der Waals surface area contributed by atoms with E-state index < -0.39 is 0 Å². The molecule has 0 bridgehead atoms. The van der Waals surface area contributed by atoms with Crippen molar-refractivity contribution < 1.29 is 42.8 Å². The average Bonchev–Trinajstić information content (AvgIpc) is 1.59. The van der Waals surface area contributed by atoms with Crippen molar-refractivity contribution in [3.63, 3.8) is 0 Å². The maximum absolute atomic E-state index is 11.1. The summed E-state index contributed by atoms with van der Waals surface area (Å²) in [6, 6.07) is 131. The van der Waals surface area contributed by atoms with Crippen molar-refractivity contribution in [3.05, 3.63) is 407 Å². The molecular weight excluding hydrogens is 1330 g/mol. The summed E-state index contributed by atoms with van der Waals surface area (Å²) in [5, 5.41) is 26.2. The van der Waals surface area contributed by atoms with Crippen LogP contribution in [0.15, 0.2) is 382 Å². The number of fused-ring (bicyclic) bond motifs is 7. The Bertz CT molecular complexity index is 6310. The zero-order valence-corrected chi connectivity index (χ0v) is 60.9. The summed E-state index contributed by atoms with van der Waals surface area (Å²) >= 11 is 0. The maximum atomic E-state index is 11.1. The quantitative estimate of drug-likeness (QED) is 0.0942. The van der Waals surface area contributed by atoms with Crippen molar-refractivity contribution in [3.8, 4) is 124 Å². The van der Waals surface area contributed by atoms with Gasteiger partial charge in [-0.05, 0) is 169 Å². The zero-order valence-electron chi connectivity index (χ0n) is 60.9. The van der Waals surface area contributed by atoms with Gasteiger partial charge in [-0.3, -0.25) is 4.98 Å². The first kappa shape index (κ1) is 73.2. The Labute approximate surface area is 663 Å². The van der Waals surface area contributed by atoms with Gasteiger partial charge in [-0.1, -0.05) is 285 Å². The minimum absolute atomic E-state index is 0. The first-order chi connectivity index (χ1) is 52.8. The van der Waals surface area contributed by atoms with E-state index in [1.807, 2.05) is 127 Å². The summed E-state index contributed by atoms with van der Waals surface area (Å²) in [5.74, 6) is 1.76. The van der Waals surface area contributed by atoms with Crippen molar-refractivity contribution in [1.29, 1.82) is 5.26 Å². The first-order valence-corrected chi connectivity index (χ1v) is 35.4. The molecule has 9 nitrogen and oxygen atoms in total. The molecule has 19 rings (SSSR count). The molecular formula is C99H66Li2N8O. The number of hydrogen-bond donors (Lipinski definition) is 0. The minimum atomic E-state index is -0.0110. The largest absolute Gasteiger partial charge is 1.00 e. The van der Waals surface area contributed by atoms with Gasteiger partial charge >= 0.3 is 37.7 Å². The van der Waals surface area contributed by atoms with Crippen LogP contribution in [-0.4, -0.2) is 29.1 Å². The second-order valence-electron chi connectivity index (χ2n) is 26.1. The Balaban J connectivity index is 0.000000157. The van der Waals surface area contributed by atoms with E-state index in [0.717, 1.165) is 66.8 Å². The molecule has 0 N–H and O–H groups in total. The van der Waals surface area contributed by atoms with E-state index in [0.29, 0.717) is 34.2 Å². The predicted octanol–water partition coefficient (Wildman–Crippen LogP) is 18.9. The van der Waals surface area contributed by atoms with Gasteiger partial charge in [0.15, 0.2) is 23.2 Å². The van der Waals surface area contributed by atoms with Gasteiger partial charge in [0, 0.05) is 55.8 Å². The molecule has 15 aromatic carbocycles. The molecule has 0 atom stereocenters. The fourth-order valence-corrected chi connectivity index (χ4v) is 14.2. The van der Waals surface area contributed by atoms with Crippen LogP contribution in [0.2, 0.25) is 0 Å². The smallest absolute Gasteiger partial charge is 0.871 e. The molecule has 0 spiro atoms. The fourth-order valence-electron chi connectivity index (χ4n) is 14.2. The number of nitriles is 1. The summed E-state index contributed by atoms with van der Waals surface area (Å²) in [5.41, 5.74) is 25.0. The van der Waals surface area contributed by atoms with E-state index in [4.69, 9.17) is 26.8 Å². The third-order valence-electron chi connectivity index (χ3n) is 19.5. The van der Waals surface area contributed by atoms with Crippen LogP contribution in [0, 0.1) is 25.3 Å². The van der Waals surface area contributed by atoms with Crippen LogP contribution >= 0.6 is 0 Å². The molecule has 19 aromatic rings. The van der Waals surface area contributed by atoms with E-state index in [1.165, 1.54) is 83.1 Å².